The number of fused-ring (bicyclic) bond motifs is 2. The second kappa shape index (κ2) is 10.3. The molecule has 2 aromatic heterocycles. The summed E-state index contributed by atoms with van der Waals surface area (Å²) in [6.45, 7) is 6.72. The summed E-state index contributed by atoms with van der Waals surface area (Å²) in [4.78, 5) is 39.4. The van der Waals surface area contributed by atoms with Gasteiger partial charge in [0.25, 0.3) is 5.56 Å². The van der Waals surface area contributed by atoms with Crippen LogP contribution in [-0.4, -0.2) is 47.0 Å². The van der Waals surface area contributed by atoms with E-state index >= 15 is 0 Å². The van der Waals surface area contributed by atoms with Crippen LogP contribution in [0.5, 0.6) is 0 Å². The van der Waals surface area contributed by atoms with Crippen molar-refractivity contribution in [1.82, 2.24) is 19.9 Å². The first-order valence-electron chi connectivity index (χ1n) is 14.5. The van der Waals surface area contributed by atoms with E-state index in [4.69, 9.17) is 4.98 Å². The fraction of sp³-hybridized carbons (Fsp3) is 0.333. The van der Waals surface area contributed by atoms with Crippen LogP contribution >= 0.6 is 0 Å². The highest BCUT2D eigenvalue weighted by Crippen LogP contribution is 2.41. The molecule has 0 spiro atoms. The lowest BCUT2D eigenvalue weighted by atomic mass is 9.92. The monoisotopic (exact) mass is 546 g/mol. The maximum Gasteiger partial charge on any atom is 0.260 e. The fourth-order valence-corrected chi connectivity index (χ4v) is 6.29. The van der Waals surface area contributed by atoms with Gasteiger partial charge in [-0.25, -0.2) is 4.98 Å². The standard InChI is InChI=1S/C33H34N6O2/c1-20(21-9-10-21)27-16-24-18-35-33(36-25-13-11-22(12-14-25)23-6-5-15-34-17-23)37-31(24)39(32(27)41)29-19-38(2)28-8-4-3-7-26(28)30(29)40/h3-4,7-8,11-14,16,18,21,23,29,34H,1,5-6,9-10,15,17,19H2,2H3,(H,35,36,37). The number of aromatic nitrogens is 3. The van der Waals surface area contributed by atoms with Gasteiger partial charge in [0.05, 0.1) is 0 Å². The van der Waals surface area contributed by atoms with Crippen LogP contribution in [-0.2, 0) is 0 Å². The van der Waals surface area contributed by atoms with Crippen molar-refractivity contribution in [3.05, 3.63) is 94.4 Å². The average molecular weight is 547 g/mol. The van der Waals surface area contributed by atoms with Gasteiger partial charge in [-0.2, -0.15) is 4.98 Å². The zero-order valence-electron chi connectivity index (χ0n) is 23.3. The molecule has 0 amide bonds. The molecule has 2 N–H and O–H groups in total. The number of hydrogen-bond acceptors (Lipinski definition) is 7. The molecule has 2 unspecified atom stereocenters. The molecule has 0 bridgehead atoms. The Morgan fingerprint density at radius 2 is 1.88 bits per heavy atom. The summed E-state index contributed by atoms with van der Waals surface area (Å²) in [6, 6.07) is 17.1. The number of rotatable bonds is 6. The van der Waals surface area contributed by atoms with E-state index in [0.29, 0.717) is 46.5 Å². The lowest BCUT2D eigenvalue weighted by Crippen LogP contribution is -2.43. The number of benzene rings is 2. The molecule has 4 aromatic rings. The van der Waals surface area contributed by atoms with Gasteiger partial charge in [-0.3, -0.25) is 14.2 Å². The van der Waals surface area contributed by atoms with E-state index < -0.39 is 6.04 Å². The number of hydrogen-bond donors (Lipinski definition) is 2. The lowest BCUT2D eigenvalue weighted by molar-refractivity contribution is 0.0922. The number of anilines is 3. The summed E-state index contributed by atoms with van der Waals surface area (Å²) in [6.07, 6.45) is 6.18. The van der Waals surface area contributed by atoms with Crippen molar-refractivity contribution in [1.29, 1.82) is 0 Å². The third kappa shape index (κ3) is 4.72. The highest BCUT2D eigenvalue weighted by molar-refractivity contribution is 6.06. The zero-order chi connectivity index (χ0) is 28.1. The van der Waals surface area contributed by atoms with E-state index in [2.05, 4.69) is 34.3 Å². The third-order valence-corrected chi connectivity index (χ3v) is 8.77. The molecule has 8 nitrogen and oxygen atoms in total. The van der Waals surface area contributed by atoms with E-state index in [0.717, 1.165) is 42.9 Å². The maximum atomic E-state index is 14.1. The van der Waals surface area contributed by atoms with Crippen LogP contribution in [0.15, 0.2) is 72.2 Å². The summed E-state index contributed by atoms with van der Waals surface area (Å²) in [5.41, 5.74) is 5.26. The summed E-state index contributed by atoms with van der Waals surface area (Å²) in [5.74, 6) is 1.13. The van der Waals surface area contributed by atoms with Gasteiger partial charge in [0, 0.05) is 54.2 Å². The number of nitrogens with zero attached hydrogens (tertiary/aromatic N) is 4. The summed E-state index contributed by atoms with van der Waals surface area (Å²) >= 11 is 0. The third-order valence-electron chi connectivity index (χ3n) is 8.77. The van der Waals surface area contributed by atoms with Crippen LogP contribution in [0.25, 0.3) is 16.6 Å². The largest absolute Gasteiger partial charge is 0.371 e. The Morgan fingerprint density at radius 1 is 1.07 bits per heavy atom. The topological polar surface area (TPSA) is 92.2 Å². The normalized spacial score (nSPS) is 20.6. The molecule has 1 saturated heterocycles. The van der Waals surface area contributed by atoms with E-state index in [1.807, 2.05) is 54.4 Å². The second-order valence-corrected chi connectivity index (χ2v) is 11.6. The van der Waals surface area contributed by atoms with Crippen LogP contribution in [0.4, 0.5) is 17.3 Å². The van der Waals surface area contributed by atoms with Gasteiger partial charge in [-0.05, 0) is 85.5 Å². The Hall–Kier alpha value is -4.30. The molecule has 8 heteroatoms. The zero-order valence-corrected chi connectivity index (χ0v) is 23.3. The minimum atomic E-state index is -0.719. The molecular formula is C33H34N6O2. The fourth-order valence-electron chi connectivity index (χ4n) is 6.29. The summed E-state index contributed by atoms with van der Waals surface area (Å²) in [5, 5.41) is 7.50. The predicted molar refractivity (Wildman–Crippen MR) is 163 cm³/mol. The first-order chi connectivity index (χ1) is 20.0. The van der Waals surface area contributed by atoms with Crippen molar-refractivity contribution in [2.24, 2.45) is 5.92 Å². The van der Waals surface area contributed by atoms with Crippen molar-refractivity contribution in [3.63, 3.8) is 0 Å². The van der Waals surface area contributed by atoms with Gasteiger partial charge < -0.3 is 15.5 Å². The molecule has 2 atom stereocenters. The quantitative estimate of drug-likeness (QED) is 0.339. The van der Waals surface area contributed by atoms with Crippen molar-refractivity contribution < 1.29 is 4.79 Å². The smallest absolute Gasteiger partial charge is 0.260 e. The van der Waals surface area contributed by atoms with Crippen molar-refractivity contribution in [2.45, 2.75) is 37.6 Å². The number of carbonyl (C=O) groups is 1. The number of allylic oxidation sites excluding steroid dienone is 1. The Morgan fingerprint density at radius 3 is 2.63 bits per heavy atom. The van der Waals surface area contributed by atoms with E-state index in [1.54, 1.807) is 10.8 Å². The van der Waals surface area contributed by atoms with Gasteiger partial charge in [0.15, 0.2) is 5.78 Å². The molecule has 4 heterocycles. The molecule has 1 saturated carbocycles. The van der Waals surface area contributed by atoms with E-state index in [9.17, 15) is 9.59 Å². The van der Waals surface area contributed by atoms with Gasteiger partial charge in [0.2, 0.25) is 5.95 Å². The Labute approximate surface area is 239 Å². The first kappa shape index (κ1) is 25.7. The van der Waals surface area contributed by atoms with Crippen LogP contribution in [0.2, 0.25) is 0 Å². The average Bonchev–Trinajstić information content (AvgIpc) is 3.86. The Bertz CT molecular complexity index is 1720. The van der Waals surface area contributed by atoms with E-state index in [-0.39, 0.29) is 11.3 Å². The number of nitrogens with one attached hydrogen (secondary N) is 2. The molecule has 3 aliphatic rings. The van der Waals surface area contributed by atoms with Crippen molar-refractivity contribution in [2.75, 3.05) is 36.9 Å². The van der Waals surface area contributed by atoms with Gasteiger partial charge in [-0.15, -0.1) is 0 Å². The minimum absolute atomic E-state index is 0.0859. The maximum absolute atomic E-state index is 14.1. The molecule has 2 fully saturated rings. The van der Waals surface area contributed by atoms with E-state index in [1.165, 1.54) is 18.4 Å². The molecule has 1 aliphatic carbocycles. The summed E-state index contributed by atoms with van der Waals surface area (Å²) in [7, 11) is 1.95. The number of carbonyl (C=O) groups excluding carboxylic acids is 1. The van der Waals surface area contributed by atoms with Crippen LogP contribution in [0.3, 0.4) is 0 Å². The SMILES string of the molecule is C=C(c1cc2cnc(Nc3ccc(C4CCCNC4)cc3)nc2n(C2CN(C)c3ccccc3C2=O)c1=O)C1CC1. The number of Topliss-reactive ketones (excluding diaryl/α,β-unsaturated/α-hetero) is 1. The van der Waals surface area contributed by atoms with Gasteiger partial charge in [0.1, 0.15) is 11.7 Å². The molecule has 2 aromatic carbocycles. The highest BCUT2D eigenvalue weighted by atomic mass is 16.1. The number of para-hydroxylation sites is 1. The molecule has 2 aliphatic heterocycles. The molecule has 0 radical (unpaired) electrons. The predicted octanol–water partition coefficient (Wildman–Crippen LogP) is 5.30. The Kier molecular flexibility index (Phi) is 6.43. The Balaban J connectivity index is 1.29. The molecule has 7 rings (SSSR count). The second-order valence-electron chi connectivity index (χ2n) is 11.6. The van der Waals surface area contributed by atoms with Gasteiger partial charge >= 0.3 is 0 Å². The molecular weight excluding hydrogens is 512 g/mol. The van der Waals surface area contributed by atoms with Crippen LogP contribution < -0.4 is 21.1 Å². The van der Waals surface area contributed by atoms with Crippen molar-refractivity contribution >= 4 is 39.7 Å². The van der Waals surface area contributed by atoms with Crippen molar-refractivity contribution in [3.8, 4) is 0 Å². The number of ketones is 1. The molecule has 208 valence electrons. The van der Waals surface area contributed by atoms with Gasteiger partial charge in [-0.1, -0.05) is 30.8 Å². The number of piperidine rings is 1. The lowest BCUT2D eigenvalue weighted by Gasteiger charge is -2.33. The first-order valence-corrected chi connectivity index (χ1v) is 14.5. The highest BCUT2D eigenvalue weighted by Gasteiger charge is 2.35. The van der Waals surface area contributed by atoms with Crippen LogP contribution in [0.1, 0.15) is 59.1 Å². The number of likely N-dealkylation sites (N-methyl/N-ethyl adjacent to an activating group) is 1. The minimum Gasteiger partial charge on any atom is -0.371 e. The summed E-state index contributed by atoms with van der Waals surface area (Å²) < 4.78 is 1.58. The van der Waals surface area contributed by atoms with Crippen LogP contribution in [0, 0.1) is 5.92 Å². The molecule has 41 heavy (non-hydrogen) atoms. The number of pyridine rings is 1.